The molecule has 0 radical (unpaired) electrons. The Morgan fingerprint density at radius 1 is 0.958 bits per heavy atom. The fourth-order valence-electron chi connectivity index (χ4n) is 3.69. The Morgan fingerprint density at radius 3 is 2.25 bits per heavy atom. The van der Waals surface area contributed by atoms with Gasteiger partial charge in [-0.2, -0.15) is 0 Å². The lowest BCUT2D eigenvalue weighted by atomic mass is 9.83. The number of hydrogen-bond acceptors (Lipinski definition) is 1. The molecular weight excluding hydrogens is 292 g/mol. The summed E-state index contributed by atoms with van der Waals surface area (Å²) in [7, 11) is 0. The van der Waals surface area contributed by atoms with Crippen LogP contribution in [-0.4, -0.2) is 5.78 Å². The van der Waals surface area contributed by atoms with Crippen LogP contribution in [0.25, 0.3) is 0 Å². The van der Waals surface area contributed by atoms with Gasteiger partial charge in [-0.15, -0.1) is 0 Å². The predicted molar refractivity (Wildman–Crippen MR) is 104 cm³/mol. The van der Waals surface area contributed by atoms with Crippen LogP contribution < -0.4 is 0 Å². The fourth-order valence-corrected chi connectivity index (χ4v) is 3.69. The molecule has 0 aromatic heterocycles. The third-order valence-electron chi connectivity index (χ3n) is 5.15. The van der Waals surface area contributed by atoms with E-state index in [0.717, 1.165) is 43.3 Å². The van der Waals surface area contributed by atoms with Gasteiger partial charge in [0.05, 0.1) is 0 Å². The standard InChI is InChI=1S/C23H30O/c1-5-18-13-10-11-15-22(18)21(7-3)23(24)19(6-2)16-20-14-9-8-12-17(20)4/h5-7,16H,1,4,8-15H2,2-3H3/b19-6+,20-16-,21-7+. The van der Waals surface area contributed by atoms with Crippen LogP contribution in [0.15, 0.2) is 70.9 Å². The van der Waals surface area contributed by atoms with Crippen LogP contribution in [-0.2, 0) is 4.79 Å². The molecule has 24 heavy (non-hydrogen) atoms. The monoisotopic (exact) mass is 322 g/mol. The van der Waals surface area contributed by atoms with E-state index in [1.807, 2.05) is 32.1 Å². The van der Waals surface area contributed by atoms with Crippen molar-refractivity contribution in [3.8, 4) is 0 Å². The number of allylic oxidation sites excluding steroid dienone is 10. The van der Waals surface area contributed by atoms with Crippen molar-refractivity contribution >= 4 is 5.78 Å². The Kier molecular flexibility index (Phi) is 6.78. The zero-order chi connectivity index (χ0) is 17.5. The highest BCUT2D eigenvalue weighted by molar-refractivity contribution is 6.13. The summed E-state index contributed by atoms with van der Waals surface area (Å²) in [6.07, 6.45) is 16.8. The van der Waals surface area contributed by atoms with Gasteiger partial charge in [0.2, 0.25) is 0 Å². The van der Waals surface area contributed by atoms with Crippen molar-refractivity contribution in [2.24, 2.45) is 0 Å². The molecule has 0 aliphatic heterocycles. The molecule has 0 amide bonds. The van der Waals surface area contributed by atoms with Crippen LogP contribution in [0.4, 0.5) is 0 Å². The SMILES string of the molecule is C=CC1=C(/C(=C\C)C(=O)C(/C=C2/CCCCC2=C)=C/C)CCCC1. The van der Waals surface area contributed by atoms with Gasteiger partial charge in [0.1, 0.15) is 0 Å². The van der Waals surface area contributed by atoms with E-state index in [2.05, 4.69) is 19.2 Å². The molecule has 128 valence electrons. The Balaban J connectivity index is 2.33. The van der Waals surface area contributed by atoms with Crippen molar-refractivity contribution in [1.29, 1.82) is 0 Å². The first kappa shape index (κ1) is 18.4. The second-order valence-electron chi connectivity index (χ2n) is 6.67. The van der Waals surface area contributed by atoms with Crippen molar-refractivity contribution in [2.45, 2.75) is 65.2 Å². The van der Waals surface area contributed by atoms with Crippen LogP contribution in [0.5, 0.6) is 0 Å². The molecule has 0 heterocycles. The second kappa shape index (κ2) is 8.82. The first-order chi connectivity index (χ1) is 11.6. The first-order valence-corrected chi connectivity index (χ1v) is 9.23. The predicted octanol–water partition coefficient (Wildman–Crippen LogP) is 6.56. The first-order valence-electron chi connectivity index (χ1n) is 9.23. The van der Waals surface area contributed by atoms with Crippen LogP contribution >= 0.6 is 0 Å². The third kappa shape index (κ3) is 4.14. The van der Waals surface area contributed by atoms with E-state index in [4.69, 9.17) is 0 Å². The van der Waals surface area contributed by atoms with E-state index in [1.54, 1.807) is 0 Å². The average molecular weight is 322 g/mol. The van der Waals surface area contributed by atoms with Gasteiger partial charge in [-0.05, 0) is 88.0 Å². The summed E-state index contributed by atoms with van der Waals surface area (Å²) in [4.78, 5) is 13.2. The van der Waals surface area contributed by atoms with E-state index >= 15 is 0 Å². The van der Waals surface area contributed by atoms with Crippen molar-refractivity contribution in [3.05, 3.63) is 70.9 Å². The number of carbonyl (C=O) groups excluding carboxylic acids is 1. The molecule has 0 unspecified atom stereocenters. The van der Waals surface area contributed by atoms with Gasteiger partial charge in [0, 0.05) is 11.1 Å². The average Bonchev–Trinajstić information content (AvgIpc) is 2.62. The maximum atomic E-state index is 13.2. The van der Waals surface area contributed by atoms with Gasteiger partial charge >= 0.3 is 0 Å². The van der Waals surface area contributed by atoms with Crippen LogP contribution in [0.2, 0.25) is 0 Å². The largest absolute Gasteiger partial charge is 0.289 e. The minimum absolute atomic E-state index is 0.141. The van der Waals surface area contributed by atoms with Crippen LogP contribution in [0.3, 0.4) is 0 Å². The third-order valence-corrected chi connectivity index (χ3v) is 5.15. The molecule has 2 aliphatic rings. The van der Waals surface area contributed by atoms with E-state index in [0.29, 0.717) is 0 Å². The number of ketones is 1. The number of Topliss-reactive ketones (excluding diaryl/α,β-unsaturated/α-hetero) is 1. The van der Waals surface area contributed by atoms with E-state index in [-0.39, 0.29) is 5.78 Å². The number of hydrogen-bond donors (Lipinski definition) is 0. The lowest BCUT2D eigenvalue weighted by Crippen LogP contribution is -2.12. The Labute approximate surface area is 147 Å². The zero-order valence-electron chi connectivity index (χ0n) is 15.3. The molecule has 1 saturated carbocycles. The van der Waals surface area contributed by atoms with Crippen molar-refractivity contribution in [1.82, 2.24) is 0 Å². The topological polar surface area (TPSA) is 17.1 Å². The van der Waals surface area contributed by atoms with Gasteiger partial charge in [-0.3, -0.25) is 4.79 Å². The Hall–Kier alpha value is -1.89. The van der Waals surface area contributed by atoms with E-state index < -0.39 is 0 Å². The van der Waals surface area contributed by atoms with E-state index in [1.165, 1.54) is 41.6 Å². The Bertz CT molecular complexity index is 650. The summed E-state index contributed by atoms with van der Waals surface area (Å²) in [6, 6.07) is 0. The van der Waals surface area contributed by atoms with Gasteiger partial charge in [0.15, 0.2) is 5.78 Å². The minimum atomic E-state index is 0.141. The van der Waals surface area contributed by atoms with Crippen LogP contribution in [0, 0.1) is 0 Å². The van der Waals surface area contributed by atoms with Gasteiger partial charge in [-0.25, -0.2) is 0 Å². The summed E-state index contributed by atoms with van der Waals surface area (Å²) < 4.78 is 0. The van der Waals surface area contributed by atoms with Crippen molar-refractivity contribution in [2.75, 3.05) is 0 Å². The van der Waals surface area contributed by atoms with Gasteiger partial charge in [0.25, 0.3) is 0 Å². The molecule has 2 rings (SSSR count). The molecule has 0 spiro atoms. The maximum absolute atomic E-state index is 13.2. The smallest absolute Gasteiger partial charge is 0.192 e. The molecule has 0 atom stereocenters. The highest BCUT2D eigenvalue weighted by atomic mass is 16.1. The summed E-state index contributed by atoms with van der Waals surface area (Å²) >= 11 is 0. The quantitative estimate of drug-likeness (QED) is 0.524. The molecule has 2 aliphatic carbocycles. The number of carbonyl (C=O) groups is 1. The van der Waals surface area contributed by atoms with Crippen molar-refractivity contribution < 1.29 is 4.79 Å². The van der Waals surface area contributed by atoms with Crippen LogP contribution in [0.1, 0.15) is 65.2 Å². The minimum Gasteiger partial charge on any atom is -0.289 e. The lowest BCUT2D eigenvalue weighted by molar-refractivity contribution is -0.111. The molecule has 1 heteroatoms. The Morgan fingerprint density at radius 2 is 1.62 bits per heavy atom. The maximum Gasteiger partial charge on any atom is 0.192 e. The molecule has 1 fully saturated rings. The highest BCUT2D eigenvalue weighted by Gasteiger charge is 2.21. The lowest BCUT2D eigenvalue weighted by Gasteiger charge is -2.21. The summed E-state index contributed by atoms with van der Waals surface area (Å²) in [6.45, 7) is 12.0. The van der Waals surface area contributed by atoms with Crippen molar-refractivity contribution in [3.63, 3.8) is 0 Å². The second-order valence-corrected chi connectivity index (χ2v) is 6.67. The van der Waals surface area contributed by atoms with Gasteiger partial charge in [-0.1, -0.05) is 37.0 Å². The zero-order valence-corrected chi connectivity index (χ0v) is 15.3. The molecule has 0 bridgehead atoms. The number of rotatable bonds is 5. The molecule has 1 nitrogen and oxygen atoms in total. The highest BCUT2D eigenvalue weighted by Crippen LogP contribution is 2.33. The molecular formula is C23H30O. The summed E-state index contributed by atoms with van der Waals surface area (Å²) in [5, 5.41) is 0. The summed E-state index contributed by atoms with van der Waals surface area (Å²) in [5.41, 5.74) is 6.54. The molecule has 0 saturated heterocycles. The molecule has 0 aromatic carbocycles. The molecule has 0 N–H and O–H groups in total. The van der Waals surface area contributed by atoms with E-state index in [9.17, 15) is 4.79 Å². The molecule has 0 aromatic rings. The van der Waals surface area contributed by atoms with Gasteiger partial charge < -0.3 is 0 Å². The fraction of sp³-hybridized carbons (Fsp3) is 0.435. The summed E-state index contributed by atoms with van der Waals surface area (Å²) in [5.74, 6) is 0.141. The normalized spacial score (nSPS) is 22.1.